The molecule has 1 saturated heterocycles. The summed E-state index contributed by atoms with van der Waals surface area (Å²) in [4.78, 5) is 20.7. The van der Waals surface area contributed by atoms with Gasteiger partial charge in [-0.2, -0.15) is 0 Å². The molecule has 35 heavy (non-hydrogen) atoms. The van der Waals surface area contributed by atoms with Crippen LogP contribution in [0.2, 0.25) is 5.02 Å². The van der Waals surface area contributed by atoms with E-state index in [4.69, 9.17) is 21.0 Å². The van der Waals surface area contributed by atoms with Crippen molar-refractivity contribution in [3.8, 4) is 11.3 Å². The monoisotopic (exact) mass is 498 g/mol. The van der Waals surface area contributed by atoms with Gasteiger partial charge in [-0.15, -0.1) is 0 Å². The maximum atomic E-state index is 13.5. The third-order valence-corrected chi connectivity index (χ3v) is 7.20. The van der Waals surface area contributed by atoms with Crippen LogP contribution >= 0.6 is 23.4 Å². The van der Waals surface area contributed by atoms with E-state index in [1.54, 1.807) is 11.0 Å². The molecule has 0 radical (unpaired) electrons. The number of para-hydroxylation sites is 2. The van der Waals surface area contributed by atoms with Gasteiger partial charge in [0.2, 0.25) is 0 Å². The number of aryl methyl sites for hydroxylation is 3. The molecule has 6 heteroatoms. The van der Waals surface area contributed by atoms with Crippen molar-refractivity contribution in [2.24, 2.45) is 4.99 Å². The minimum absolute atomic E-state index is 0.137. The Labute approximate surface area is 213 Å². The summed E-state index contributed by atoms with van der Waals surface area (Å²) >= 11 is 7.63. The van der Waals surface area contributed by atoms with Gasteiger partial charge in [0, 0.05) is 16.7 Å². The normalized spacial score (nSPS) is 16.0. The topological polar surface area (TPSA) is 45.8 Å². The Bertz CT molecular complexity index is 1470. The van der Waals surface area contributed by atoms with Crippen LogP contribution in [-0.4, -0.2) is 11.1 Å². The molecule has 3 aromatic carbocycles. The van der Waals surface area contributed by atoms with Crippen molar-refractivity contribution in [2.75, 3.05) is 4.90 Å². The molecular weight excluding hydrogens is 476 g/mol. The van der Waals surface area contributed by atoms with E-state index in [0.717, 1.165) is 33.6 Å². The molecule has 1 amide bonds. The Morgan fingerprint density at radius 3 is 2.34 bits per heavy atom. The summed E-state index contributed by atoms with van der Waals surface area (Å²) in [5.41, 5.74) is 5.66. The summed E-state index contributed by atoms with van der Waals surface area (Å²) in [6, 6.07) is 25.2. The van der Waals surface area contributed by atoms with Crippen LogP contribution in [0.1, 0.15) is 22.5 Å². The number of thioether (sulfide) groups is 1. The predicted molar refractivity (Wildman–Crippen MR) is 146 cm³/mol. The van der Waals surface area contributed by atoms with Crippen LogP contribution in [0.15, 0.2) is 93.2 Å². The first-order valence-electron chi connectivity index (χ1n) is 11.2. The number of hydrogen-bond donors (Lipinski definition) is 0. The number of benzene rings is 3. The van der Waals surface area contributed by atoms with Crippen LogP contribution in [0, 0.1) is 20.8 Å². The van der Waals surface area contributed by atoms with Crippen molar-refractivity contribution in [3.63, 3.8) is 0 Å². The van der Waals surface area contributed by atoms with Gasteiger partial charge in [0.05, 0.1) is 16.3 Å². The number of aliphatic imine (C=N–C) groups is 1. The summed E-state index contributed by atoms with van der Waals surface area (Å²) in [5.74, 6) is 1.15. The van der Waals surface area contributed by atoms with E-state index in [2.05, 4.69) is 0 Å². The van der Waals surface area contributed by atoms with Crippen molar-refractivity contribution in [1.29, 1.82) is 0 Å². The lowest BCUT2D eigenvalue weighted by Crippen LogP contribution is -2.28. The number of furan rings is 1. The Balaban J connectivity index is 1.53. The summed E-state index contributed by atoms with van der Waals surface area (Å²) < 4.78 is 6.05. The number of hydrogen-bond acceptors (Lipinski definition) is 4. The SMILES string of the molecule is Cc1ccc(-c2ccc(/C=C3/SC(=Nc4c(C)cccc4C)N(c4ccccc4)C3=O)o2)cc1Cl. The summed E-state index contributed by atoms with van der Waals surface area (Å²) in [5, 5.41) is 1.30. The first-order valence-corrected chi connectivity index (χ1v) is 12.4. The Hall–Kier alpha value is -3.54. The first kappa shape index (κ1) is 23.2. The van der Waals surface area contributed by atoms with Crippen LogP contribution in [0.5, 0.6) is 0 Å². The largest absolute Gasteiger partial charge is 0.457 e. The molecule has 174 valence electrons. The fraction of sp³-hybridized carbons (Fsp3) is 0.103. The van der Waals surface area contributed by atoms with E-state index in [1.807, 2.05) is 99.6 Å². The van der Waals surface area contributed by atoms with Gasteiger partial charge < -0.3 is 4.42 Å². The zero-order valence-corrected chi connectivity index (χ0v) is 21.2. The molecule has 0 saturated carbocycles. The number of carbonyl (C=O) groups is 1. The van der Waals surface area contributed by atoms with Crippen LogP contribution in [-0.2, 0) is 4.79 Å². The van der Waals surface area contributed by atoms with Crippen LogP contribution < -0.4 is 4.90 Å². The highest BCUT2D eigenvalue weighted by molar-refractivity contribution is 8.19. The highest BCUT2D eigenvalue weighted by Crippen LogP contribution is 2.39. The average Bonchev–Trinajstić information content (AvgIpc) is 3.43. The molecule has 5 rings (SSSR count). The number of carbonyl (C=O) groups excluding carboxylic acids is 1. The Morgan fingerprint density at radius 1 is 0.886 bits per heavy atom. The van der Waals surface area contributed by atoms with Crippen LogP contribution in [0.4, 0.5) is 11.4 Å². The second kappa shape index (κ2) is 9.61. The number of anilines is 1. The number of amidine groups is 1. The molecule has 1 fully saturated rings. The highest BCUT2D eigenvalue weighted by Gasteiger charge is 2.35. The minimum atomic E-state index is -0.137. The molecule has 0 atom stereocenters. The average molecular weight is 499 g/mol. The summed E-state index contributed by atoms with van der Waals surface area (Å²) in [6.45, 7) is 6.02. The fourth-order valence-corrected chi connectivity index (χ4v) is 5.04. The van der Waals surface area contributed by atoms with E-state index >= 15 is 0 Å². The second-order valence-corrected chi connectivity index (χ2v) is 9.80. The van der Waals surface area contributed by atoms with E-state index < -0.39 is 0 Å². The standard InChI is InChI=1S/C29H23ClN2O2S/c1-18-12-13-21(16-24(18)30)25-15-14-23(34-25)17-26-28(33)32(22-10-5-4-6-11-22)29(35-26)31-27-19(2)8-7-9-20(27)3/h4-17H,1-3H3/b26-17+,31-29?. The molecule has 0 bridgehead atoms. The van der Waals surface area contributed by atoms with Gasteiger partial charge in [-0.25, -0.2) is 4.99 Å². The lowest BCUT2D eigenvalue weighted by atomic mass is 10.1. The van der Waals surface area contributed by atoms with Crippen molar-refractivity contribution in [3.05, 3.63) is 111 Å². The molecule has 1 aliphatic heterocycles. The zero-order chi connectivity index (χ0) is 24.5. The van der Waals surface area contributed by atoms with E-state index in [0.29, 0.717) is 26.6 Å². The third kappa shape index (κ3) is 4.70. The van der Waals surface area contributed by atoms with Gasteiger partial charge in [0.1, 0.15) is 11.5 Å². The first-order chi connectivity index (χ1) is 16.9. The quantitative estimate of drug-likeness (QED) is 0.266. The smallest absolute Gasteiger partial charge is 0.271 e. The molecule has 1 aliphatic rings. The molecular formula is C29H23ClN2O2S. The van der Waals surface area contributed by atoms with E-state index in [1.165, 1.54) is 11.8 Å². The highest BCUT2D eigenvalue weighted by atomic mass is 35.5. The van der Waals surface area contributed by atoms with Gasteiger partial charge in [0.15, 0.2) is 5.17 Å². The van der Waals surface area contributed by atoms with Crippen molar-refractivity contribution in [2.45, 2.75) is 20.8 Å². The Morgan fingerprint density at radius 2 is 1.63 bits per heavy atom. The lowest BCUT2D eigenvalue weighted by molar-refractivity contribution is -0.113. The fourth-order valence-electron chi connectivity index (χ4n) is 3.89. The summed E-state index contributed by atoms with van der Waals surface area (Å²) in [6.07, 6.45) is 1.77. The van der Waals surface area contributed by atoms with Gasteiger partial charge in [-0.1, -0.05) is 60.1 Å². The van der Waals surface area contributed by atoms with E-state index in [9.17, 15) is 4.79 Å². The minimum Gasteiger partial charge on any atom is -0.457 e. The molecule has 1 aromatic heterocycles. The second-order valence-electron chi connectivity index (χ2n) is 8.39. The Kier molecular flexibility index (Phi) is 6.37. The van der Waals surface area contributed by atoms with Gasteiger partial charge >= 0.3 is 0 Å². The zero-order valence-electron chi connectivity index (χ0n) is 19.6. The molecule has 0 N–H and O–H groups in total. The van der Waals surface area contributed by atoms with Gasteiger partial charge in [-0.3, -0.25) is 9.69 Å². The third-order valence-electron chi connectivity index (χ3n) is 5.82. The van der Waals surface area contributed by atoms with Crippen molar-refractivity contribution in [1.82, 2.24) is 0 Å². The lowest BCUT2D eigenvalue weighted by Gasteiger charge is -2.16. The van der Waals surface area contributed by atoms with Crippen molar-refractivity contribution < 1.29 is 9.21 Å². The van der Waals surface area contributed by atoms with Gasteiger partial charge in [-0.05, 0) is 79.6 Å². The number of amides is 1. The van der Waals surface area contributed by atoms with Gasteiger partial charge in [0.25, 0.3) is 5.91 Å². The molecule has 4 aromatic rings. The number of halogens is 1. The maximum Gasteiger partial charge on any atom is 0.271 e. The van der Waals surface area contributed by atoms with Crippen LogP contribution in [0.25, 0.3) is 17.4 Å². The number of rotatable bonds is 4. The predicted octanol–water partition coefficient (Wildman–Crippen LogP) is 8.33. The molecule has 4 nitrogen and oxygen atoms in total. The number of nitrogens with zero attached hydrogens (tertiary/aromatic N) is 2. The molecule has 0 aliphatic carbocycles. The maximum absolute atomic E-state index is 13.5. The van der Waals surface area contributed by atoms with E-state index in [-0.39, 0.29) is 5.91 Å². The summed E-state index contributed by atoms with van der Waals surface area (Å²) in [7, 11) is 0. The van der Waals surface area contributed by atoms with Crippen molar-refractivity contribution >= 4 is 51.9 Å². The van der Waals surface area contributed by atoms with Crippen LogP contribution in [0.3, 0.4) is 0 Å². The molecule has 0 spiro atoms. The molecule has 2 heterocycles. The molecule has 0 unspecified atom stereocenters.